The predicted molar refractivity (Wildman–Crippen MR) is 54.0 cm³/mol. The molecule has 0 aliphatic rings. The Hall–Kier alpha value is -1.68. The zero-order valence-electron chi connectivity index (χ0n) is 8.01. The fourth-order valence-electron chi connectivity index (χ4n) is 1.38. The number of hydrogen-bond donors (Lipinski definition) is 1. The molecule has 0 unspecified atom stereocenters. The molecule has 0 amide bonds. The van der Waals surface area contributed by atoms with Crippen LogP contribution in [0.25, 0.3) is 5.69 Å². The van der Waals surface area contributed by atoms with Crippen LogP contribution in [0.4, 0.5) is 0 Å². The van der Waals surface area contributed by atoms with Crippen molar-refractivity contribution in [1.82, 2.24) is 14.5 Å². The Bertz CT molecular complexity index is 433. The van der Waals surface area contributed by atoms with Gasteiger partial charge in [-0.05, 0) is 19.1 Å². The van der Waals surface area contributed by atoms with Gasteiger partial charge in [-0.15, -0.1) is 0 Å². The lowest BCUT2D eigenvalue weighted by atomic mass is 10.3. The van der Waals surface area contributed by atoms with Crippen LogP contribution in [0.2, 0.25) is 0 Å². The van der Waals surface area contributed by atoms with Crippen molar-refractivity contribution in [3.8, 4) is 5.69 Å². The smallest absolute Gasteiger partial charge is 0.110 e. The number of nitrogens with zero attached hydrogens (tertiary/aromatic N) is 3. The highest BCUT2D eigenvalue weighted by Crippen LogP contribution is 2.10. The lowest BCUT2D eigenvalue weighted by Gasteiger charge is -2.05. The SMILES string of the molecule is Cc1nccn1-c1ccnc(CN)c1. The van der Waals surface area contributed by atoms with E-state index in [2.05, 4.69) is 9.97 Å². The first-order valence-corrected chi connectivity index (χ1v) is 4.46. The molecular formula is C10H12N4. The Labute approximate surface area is 82.4 Å². The van der Waals surface area contributed by atoms with E-state index in [1.807, 2.05) is 29.8 Å². The Morgan fingerprint density at radius 1 is 1.36 bits per heavy atom. The van der Waals surface area contributed by atoms with Gasteiger partial charge in [0.15, 0.2) is 0 Å². The summed E-state index contributed by atoms with van der Waals surface area (Å²) in [7, 11) is 0. The van der Waals surface area contributed by atoms with Crippen LogP contribution in [0.3, 0.4) is 0 Å². The van der Waals surface area contributed by atoms with E-state index in [0.717, 1.165) is 17.2 Å². The van der Waals surface area contributed by atoms with Gasteiger partial charge in [0.25, 0.3) is 0 Å². The standard InChI is InChI=1S/C10H12N4/c1-8-12-4-5-14(8)10-2-3-13-9(6-10)7-11/h2-6H,7,11H2,1H3. The molecule has 0 radical (unpaired) electrons. The maximum Gasteiger partial charge on any atom is 0.110 e. The van der Waals surface area contributed by atoms with Crippen LogP contribution in [0.5, 0.6) is 0 Å². The second-order valence-electron chi connectivity index (χ2n) is 3.05. The van der Waals surface area contributed by atoms with Crippen LogP contribution in [-0.4, -0.2) is 14.5 Å². The van der Waals surface area contributed by atoms with E-state index in [9.17, 15) is 0 Å². The Morgan fingerprint density at radius 3 is 2.86 bits per heavy atom. The summed E-state index contributed by atoms with van der Waals surface area (Å²) in [6.45, 7) is 2.42. The summed E-state index contributed by atoms with van der Waals surface area (Å²) in [4.78, 5) is 8.30. The van der Waals surface area contributed by atoms with Gasteiger partial charge < -0.3 is 10.3 Å². The summed E-state index contributed by atoms with van der Waals surface area (Å²) in [5.41, 5.74) is 7.46. The van der Waals surface area contributed by atoms with Gasteiger partial charge in [-0.3, -0.25) is 4.98 Å². The highest BCUT2D eigenvalue weighted by Gasteiger charge is 2.00. The van der Waals surface area contributed by atoms with E-state index in [1.54, 1.807) is 12.4 Å². The van der Waals surface area contributed by atoms with Gasteiger partial charge in [0.1, 0.15) is 5.82 Å². The van der Waals surface area contributed by atoms with Gasteiger partial charge in [-0.2, -0.15) is 0 Å². The van der Waals surface area contributed by atoms with Gasteiger partial charge in [0.2, 0.25) is 0 Å². The Morgan fingerprint density at radius 2 is 2.21 bits per heavy atom. The maximum absolute atomic E-state index is 5.52. The molecule has 4 heteroatoms. The largest absolute Gasteiger partial charge is 0.325 e. The third kappa shape index (κ3) is 1.52. The first kappa shape index (κ1) is 8.90. The van der Waals surface area contributed by atoms with Gasteiger partial charge in [0, 0.05) is 25.1 Å². The van der Waals surface area contributed by atoms with Gasteiger partial charge in [0.05, 0.1) is 11.4 Å². The Kier molecular flexibility index (Phi) is 2.28. The molecule has 0 bridgehead atoms. The number of nitrogens with two attached hydrogens (primary N) is 1. The van der Waals surface area contributed by atoms with Crippen molar-refractivity contribution in [1.29, 1.82) is 0 Å². The van der Waals surface area contributed by atoms with Crippen molar-refractivity contribution >= 4 is 0 Å². The molecule has 0 aliphatic heterocycles. The molecule has 2 aromatic heterocycles. The molecule has 2 N–H and O–H groups in total. The zero-order chi connectivity index (χ0) is 9.97. The third-order valence-electron chi connectivity index (χ3n) is 2.11. The van der Waals surface area contributed by atoms with Crippen molar-refractivity contribution in [2.45, 2.75) is 13.5 Å². The zero-order valence-corrected chi connectivity index (χ0v) is 8.01. The van der Waals surface area contributed by atoms with E-state index in [-0.39, 0.29) is 0 Å². The Balaban J connectivity index is 2.47. The summed E-state index contributed by atoms with van der Waals surface area (Å²) in [5, 5.41) is 0. The fraction of sp³-hybridized carbons (Fsp3) is 0.200. The average molecular weight is 188 g/mol. The number of rotatable bonds is 2. The summed E-state index contributed by atoms with van der Waals surface area (Å²) in [5.74, 6) is 0.958. The highest BCUT2D eigenvalue weighted by atomic mass is 15.1. The molecule has 0 atom stereocenters. The molecule has 72 valence electrons. The molecule has 0 aromatic carbocycles. The summed E-state index contributed by atoms with van der Waals surface area (Å²) >= 11 is 0. The predicted octanol–water partition coefficient (Wildman–Crippen LogP) is 1.03. The maximum atomic E-state index is 5.52. The summed E-state index contributed by atoms with van der Waals surface area (Å²) < 4.78 is 2.00. The minimum Gasteiger partial charge on any atom is -0.325 e. The molecule has 0 saturated heterocycles. The molecular weight excluding hydrogens is 176 g/mol. The normalized spacial score (nSPS) is 10.4. The van der Waals surface area contributed by atoms with Crippen molar-refractivity contribution in [2.24, 2.45) is 5.73 Å². The number of pyridine rings is 1. The third-order valence-corrected chi connectivity index (χ3v) is 2.11. The minimum absolute atomic E-state index is 0.460. The first-order valence-electron chi connectivity index (χ1n) is 4.46. The van der Waals surface area contributed by atoms with Crippen molar-refractivity contribution in [2.75, 3.05) is 0 Å². The van der Waals surface area contributed by atoms with Crippen molar-refractivity contribution in [3.05, 3.63) is 42.2 Å². The topological polar surface area (TPSA) is 56.7 Å². The van der Waals surface area contributed by atoms with Crippen LogP contribution < -0.4 is 5.73 Å². The number of imidazole rings is 1. The molecule has 4 nitrogen and oxygen atoms in total. The van der Waals surface area contributed by atoms with Gasteiger partial charge >= 0.3 is 0 Å². The summed E-state index contributed by atoms with van der Waals surface area (Å²) in [6.07, 6.45) is 5.46. The van der Waals surface area contributed by atoms with Crippen LogP contribution in [-0.2, 0) is 6.54 Å². The van der Waals surface area contributed by atoms with Crippen molar-refractivity contribution in [3.63, 3.8) is 0 Å². The molecule has 2 aromatic rings. The number of aromatic nitrogens is 3. The second-order valence-corrected chi connectivity index (χ2v) is 3.05. The molecule has 2 rings (SSSR count). The molecule has 0 aliphatic carbocycles. The van der Waals surface area contributed by atoms with Crippen LogP contribution >= 0.6 is 0 Å². The van der Waals surface area contributed by atoms with E-state index in [0.29, 0.717) is 6.54 Å². The molecule has 0 spiro atoms. The van der Waals surface area contributed by atoms with E-state index in [1.165, 1.54) is 0 Å². The van der Waals surface area contributed by atoms with Crippen LogP contribution in [0, 0.1) is 6.92 Å². The highest BCUT2D eigenvalue weighted by molar-refractivity contribution is 5.33. The molecule has 0 saturated carbocycles. The average Bonchev–Trinajstić information content (AvgIpc) is 2.65. The van der Waals surface area contributed by atoms with Crippen LogP contribution in [0.15, 0.2) is 30.7 Å². The number of aryl methyl sites for hydroxylation is 1. The summed E-state index contributed by atoms with van der Waals surface area (Å²) in [6, 6.07) is 3.91. The van der Waals surface area contributed by atoms with Gasteiger partial charge in [-0.1, -0.05) is 0 Å². The quantitative estimate of drug-likeness (QED) is 0.766. The van der Waals surface area contributed by atoms with Crippen LogP contribution in [0.1, 0.15) is 11.5 Å². The lowest BCUT2D eigenvalue weighted by molar-refractivity contribution is 0.939. The minimum atomic E-state index is 0.460. The van der Waals surface area contributed by atoms with E-state index in [4.69, 9.17) is 5.73 Å². The van der Waals surface area contributed by atoms with E-state index >= 15 is 0 Å². The second kappa shape index (κ2) is 3.59. The van der Waals surface area contributed by atoms with E-state index < -0.39 is 0 Å². The van der Waals surface area contributed by atoms with Crippen molar-refractivity contribution < 1.29 is 0 Å². The monoisotopic (exact) mass is 188 g/mol. The first-order chi connectivity index (χ1) is 6.81. The number of hydrogen-bond acceptors (Lipinski definition) is 3. The molecule has 2 heterocycles. The lowest BCUT2D eigenvalue weighted by Crippen LogP contribution is -2.02. The van der Waals surface area contributed by atoms with Gasteiger partial charge in [-0.25, -0.2) is 4.98 Å². The fourth-order valence-corrected chi connectivity index (χ4v) is 1.38. The molecule has 0 fully saturated rings. The molecule has 14 heavy (non-hydrogen) atoms.